The summed E-state index contributed by atoms with van der Waals surface area (Å²) in [4.78, 5) is 14.0. The van der Waals surface area contributed by atoms with Crippen molar-refractivity contribution in [3.05, 3.63) is 77.5 Å². The molecule has 2 aliphatic rings. The summed E-state index contributed by atoms with van der Waals surface area (Å²) in [5, 5.41) is 0. The third-order valence-electron chi connectivity index (χ3n) is 5.21. The Morgan fingerprint density at radius 3 is 2.44 bits per heavy atom. The summed E-state index contributed by atoms with van der Waals surface area (Å²) < 4.78 is 0. The van der Waals surface area contributed by atoms with Gasteiger partial charge in [0.25, 0.3) is 0 Å². The molecule has 3 heterocycles. The van der Waals surface area contributed by atoms with Crippen LogP contribution in [-0.4, -0.2) is 23.1 Å². The van der Waals surface area contributed by atoms with Crippen LogP contribution in [0, 0.1) is 0 Å². The number of anilines is 3. The van der Waals surface area contributed by atoms with Crippen LogP contribution in [0.25, 0.3) is 0 Å². The molecular weight excluding hydrogens is 308 g/mol. The normalized spacial score (nSPS) is 15.8. The minimum absolute atomic E-state index is 0.807. The first-order valence-corrected chi connectivity index (χ1v) is 8.89. The maximum absolute atomic E-state index is 4.89. The molecule has 0 saturated heterocycles. The molecule has 0 aliphatic carbocycles. The average Bonchev–Trinajstić information content (AvgIpc) is 3.12. The zero-order valence-corrected chi connectivity index (χ0v) is 14.1. The topological polar surface area (TPSA) is 32.3 Å². The highest BCUT2D eigenvalue weighted by Crippen LogP contribution is 2.33. The van der Waals surface area contributed by atoms with Crippen LogP contribution in [0.15, 0.2) is 60.8 Å². The molecule has 4 nitrogen and oxygen atoms in total. The van der Waals surface area contributed by atoms with Gasteiger partial charge < -0.3 is 9.80 Å². The molecule has 2 aromatic carbocycles. The molecule has 0 bridgehead atoms. The Balaban J connectivity index is 1.45. The summed E-state index contributed by atoms with van der Waals surface area (Å²) in [5.41, 5.74) is 5.48. The first-order valence-electron chi connectivity index (χ1n) is 8.89. The minimum Gasteiger partial charge on any atom is -0.352 e. The Morgan fingerprint density at radius 2 is 1.52 bits per heavy atom. The fourth-order valence-corrected chi connectivity index (χ4v) is 3.88. The summed E-state index contributed by atoms with van der Waals surface area (Å²) in [6, 6.07) is 19.3. The highest BCUT2D eigenvalue weighted by molar-refractivity contribution is 5.66. The van der Waals surface area contributed by atoms with E-state index in [1.807, 2.05) is 12.3 Å². The van der Waals surface area contributed by atoms with Gasteiger partial charge in [-0.1, -0.05) is 42.5 Å². The van der Waals surface area contributed by atoms with Crippen molar-refractivity contribution < 1.29 is 0 Å². The van der Waals surface area contributed by atoms with Gasteiger partial charge in [0.2, 0.25) is 5.95 Å². The van der Waals surface area contributed by atoms with Crippen molar-refractivity contribution in [3.63, 3.8) is 0 Å². The van der Waals surface area contributed by atoms with Gasteiger partial charge in [-0.25, -0.2) is 4.98 Å². The number of aromatic nitrogens is 2. The summed E-state index contributed by atoms with van der Waals surface area (Å²) in [5.74, 6) is 1.82. The summed E-state index contributed by atoms with van der Waals surface area (Å²) in [7, 11) is 0. The smallest absolute Gasteiger partial charge is 0.231 e. The fraction of sp³-hybridized carbons (Fsp3) is 0.238. The highest BCUT2D eigenvalue weighted by Gasteiger charge is 2.23. The predicted molar refractivity (Wildman–Crippen MR) is 100 cm³/mol. The van der Waals surface area contributed by atoms with E-state index >= 15 is 0 Å². The van der Waals surface area contributed by atoms with E-state index in [-0.39, 0.29) is 0 Å². The standard InChI is InChI=1S/C21H20N4/c1-2-7-18-15-24(13-10-16(18)5-1)20-9-12-22-21(23-20)25-14-11-17-6-3-4-8-19(17)25/h1-9,12H,10-11,13-15H2. The quantitative estimate of drug-likeness (QED) is 0.717. The second-order valence-electron chi connectivity index (χ2n) is 6.69. The Labute approximate surface area is 147 Å². The molecule has 3 aromatic rings. The van der Waals surface area contributed by atoms with Crippen molar-refractivity contribution in [2.75, 3.05) is 22.9 Å². The van der Waals surface area contributed by atoms with E-state index in [1.165, 1.54) is 22.4 Å². The van der Waals surface area contributed by atoms with E-state index in [9.17, 15) is 0 Å². The lowest BCUT2D eigenvalue weighted by molar-refractivity contribution is 0.718. The number of nitrogens with zero attached hydrogens (tertiary/aromatic N) is 4. The Morgan fingerprint density at radius 1 is 0.760 bits per heavy atom. The van der Waals surface area contributed by atoms with E-state index in [0.29, 0.717) is 0 Å². The number of benzene rings is 2. The van der Waals surface area contributed by atoms with E-state index in [1.54, 1.807) is 0 Å². The predicted octanol–water partition coefficient (Wildman–Crippen LogP) is 3.73. The molecule has 5 rings (SSSR count). The summed E-state index contributed by atoms with van der Waals surface area (Å²) >= 11 is 0. The van der Waals surface area contributed by atoms with Crippen LogP contribution >= 0.6 is 0 Å². The van der Waals surface area contributed by atoms with Crippen LogP contribution in [0.3, 0.4) is 0 Å². The molecule has 0 unspecified atom stereocenters. The average molecular weight is 328 g/mol. The van der Waals surface area contributed by atoms with Gasteiger partial charge >= 0.3 is 0 Å². The second-order valence-corrected chi connectivity index (χ2v) is 6.69. The molecule has 0 fully saturated rings. The first kappa shape index (κ1) is 14.5. The third kappa shape index (κ3) is 2.54. The maximum atomic E-state index is 4.89. The first-order chi connectivity index (χ1) is 12.4. The van der Waals surface area contributed by atoms with Crippen LogP contribution < -0.4 is 9.80 Å². The summed E-state index contributed by atoms with van der Waals surface area (Å²) in [6.07, 6.45) is 4.02. The van der Waals surface area contributed by atoms with Gasteiger partial charge in [0.05, 0.1) is 0 Å². The van der Waals surface area contributed by atoms with Crippen molar-refractivity contribution in [3.8, 4) is 0 Å². The van der Waals surface area contributed by atoms with Crippen LogP contribution in [0.2, 0.25) is 0 Å². The van der Waals surface area contributed by atoms with Crippen LogP contribution in [0.4, 0.5) is 17.5 Å². The SMILES string of the molecule is c1ccc2c(c1)CCN(c1ccnc(N3CCc4ccccc43)n1)C2. The van der Waals surface area contributed by atoms with Crippen molar-refractivity contribution in [2.45, 2.75) is 19.4 Å². The van der Waals surface area contributed by atoms with Gasteiger partial charge in [-0.15, -0.1) is 0 Å². The molecule has 0 saturated carbocycles. The lowest BCUT2D eigenvalue weighted by Crippen LogP contribution is -2.31. The van der Waals surface area contributed by atoms with E-state index in [4.69, 9.17) is 4.98 Å². The fourth-order valence-electron chi connectivity index (χ4n) is 3.88. The van der Waals surface area contributed by atoms with Gasteiger partial charge in [-0.05, 0) is 41.7 Å². The van der Waals surface area contributed by atoms with Crippen LogP contribution in [0.1, 0.15) is 16.7 Å². The van der Waals surface area contributed by atoms with Gasteiger partial charge in [-0.2, -0.15) is 4.98 Å². The lowest BCUT2D eigenvalue weighted by atomic mass is 10.00. The van der Waals surface area contributed by atoms with Gasteiger partial charge in [0.15, 0.2) is 0 Å². The molecule has 2 aliphatic heterocycles. The molecule has 0 radical (unpaired) electrons. The molecule has 0 amide bonds. The maximum Gasteiger partial charge on any atom is 0.231 e. The molecule has 0 atom stereocenters. The summed E-state index contributed by atoms with van der Waals surface area (Å²) in [6.45, 7) is 2.87. The third-order valence-corrected chi connectivity index (χ3v) is 5.21. The molecule has 0 spiro atoms. The number of fused-ring (bicyclic) bond motifs is 2. The largest absolute Gasteiger partial charge is 0.352 e. The van der Waals surface area contributed by atoms with E-state index in [0.717, 1.165) is 44.2 Å². The van der Waals surface area contributed by atoms with Crippen molar-refractivity contribution in [1.82, 2.24) is 9.97 Å². The number of hydrogen-bond acceptors (Lipinski definition) is 4. The molecule has 124 valence electrons. The lowest BCUT2D eigenvalue weighted by Gasteiger charge is -2.30. The van der Waals surface area contributed by atoms with Crippen LogP contribution in [0.5, 0.6) is 0 Å². The molecule has 4 heteroatoms. The van der Waals surface area contributed by atoms with Crippen molar-refractivity contribution in [1.29, 1.82) is 0 Å². The zero-order valence-electron chi connectivity index (χ0n) is 14.1. The molecule has 1 aromatic heterocycles. The number of hydrogen-bond donors (Lipinski definition) is 0. The Bertz CT molecular complexity index is 921. The van der Waals surface area contributed by atoms with Crippen molar-refractivity contribution >= 4 is 17.5 Å². The zero-order chi connectivity index (χ0) is 16.6. The minimum atomic E-state index is 0.807. The van der Waals surface area contributed by atoms with Gasteiger partial charge in [-0.3, -0.25) is 0 Å². The van der Waals surface area contributed by atoms with Crippen LogP contribution in [-0.2, 0) is 19.4 Å². The van der Waals surface area contributed by atoms with E-state index in [2.05, 4.69) is 63.3 Å². The number of para-hydroxylation sites is 1. The van der Waals surface area contributed by atoms with Gasteiger partial charge in [0, 0.05) is 31.5 Å². The Hall–Kier alpha value is -2.88. The van der Waals surface area contributed by atoms with Crippen molar-refractivity contribution in [2.24, 2.45) is 0 Å². The second kappa shape index (κ2) is 5.88. The molecular formula is C21H20N4. The number of rotatable bonds is 2. The van der Waals surface area contributed by atoms with E-state index < -0.39 is 0 Å². The molecule has 0 N–H and O–H groups in total. The Kier molecular flexibility index (Phi) is 3.40. The van der Waals surface area contributed by atoms with Gasteiger partial charge in [0.1, 0.15) is 5.82 Å². The monoisotopic (exact) mass is 328 g/mol. The highest BCUT2D eigenvalue weighted by atomic mass is 15.3. The molecule has 25 heavy (non-hydrogen) atoms.